The molecule has 7 nitrogen and oxygen atoms in total. The molecule has 0 aliphatic heterocycles. The Labute approximate surface area is 166 Å². The highest BCUT2D eigenvalue weighted by molar-refractivity contribution is 5.74. The summed E-state index contributed by atoms with van der Waals surface area (Å²) >= 11 is 0. The smallest absolute Gasteiger partial charge is 0.332 e. The second-order valence-electron chi connectivity index (χ2n) is 9.95. The Bertz CT molecular complexity index is 683. The first-order valence-corrected chi connectivity index (χ1v) is 10.6. The monoisotopic (exact) mass is 391 g/mol. The maximum Gasteiger partial charge on any atom is 0.332 e. The number of primary amides is 1. The highest BCUT2D eigenvalue weighted by atomic mass is 16.5. The van der Waals surface area contributed by atoms with Gasteiger partial charge in [0, 0.05) is 6.21 Å². The minimum atomic E-state index is -0.633. The van der Waals surface area contributed by atoms with Crippen LogP contribution in [0.3, 0.4) is 0 Å². The predicted octanol–water partition coefficient (Wildman–Crippen LogP) is 2.42. The molecule has 4 fully saturated rings. The Morgan fingerprint density at radius 1 is 1.25 bits per heavy atom. The summed E-state index contributed by atoms with van der Waals surface area (Å²) in [5.41, 5.74) is 7.67. The Hall–Kier alpha value is -1.63. The fraction of sp³-hybridized carbons (Fsp3) is 0.857. The molecule has 1 spiro atoms. The Balaban J connectivity index is 1.59. The molecule has 0 heterocycles. The second-order valence-corrected chi connectivity index (χ2v) is 9.95. The number of carbonyl (C=O) groups excluding carboxylic acids is 2. The number of fused-ring (bicyclic) bond motifs is 3. The van der Waals surface area contributed by atoms with E-state index in [-0.39, 0.29) is 22.7 Å². The molecule has 7 heteroatoms. The van der Waals surface area contributed by atoms with Crippen molar-refractivity contribution in [3.63, 3.8) is 0 Å². The molecule has 4 rings (SSSR count). The van der Waals surface area contributed by atoms with Gasteiger partial charge < -0.3 is 15.6 Å². The van der Waals surface area contributed by atoms with Gasteiger partial charge in [-0.05, 0) is 85.9 Å². The van der Waals surface area contributed by atoms with Crippen molar-refractivity contribution in [2.24, 2.45) is 51.3 Å². The van der Waals surface area contributed by atoms with E-state index in [1.807, 2.05) is 6.21 Å². The van der Waals surface area contributed by atoms with E-state index in [4.69, 9.17) is 10.5 Å². The molecule has 0 aromatic heterocycles. The van der Waals surface area contributed by atoms with E-state index in [9.17, 15) is 14.7 Å². The molecule has 0 aromatic carbocycles. The van der Waals surface area contributed by atoms with E-state index >= 15 is 0 Å². The lowest BCUT2D eigenvalue weighted by Crippen LogP contribution is -2.57. The van der Waals surface area contributed by atoms with Gasteiger partial charge in [-0.3, -0.25) is 4.79 Å². The van der Waals surface area contributed by atoms with Gasteiger partial charge in [0.15, 0.2) is 0 Å². The summed E-state index contributed by atoms with van der Waals surface area (Å²) < 4.78 is 5.10. The number of hydrogen-bond acceptors (Lipinski definition) is 5. The number of esters is 1. The number of hydrogen-bond donors (Lipinski definition) is 3. The zero-order valence-corrected chi connectivity index (χ0v) is 16.9. The number of amides is 2. The van der Waals surface area contributed by atoms with Crippen LogP contribution in [0.4, 0.5) is 4.79 Å². The first-order chi connectivity index (χ1) is 13.3. The predicted molar refractivity (Wildman–Crippen MR) is 104 cm³/mol. The summed E-state index contributed by atoms with van der Waals surface area (Å²) in [5, 5.41) is 14.7. The van der Waals surface area contributed by atoms with Gasteiger partial charge in [-0.2, -0.15) is 5.10 Å². The van der Waals surface area contributed by atoms with Gasteiger partial charge in [0.25, 0.3) is 0 Å². The highest BCUT2D eigenvalue weighted by Crippen LogP contribution is 2.70. The van der Waals surface area contributed by atoms with Crippen molar-refractivity contribution >= 4 is 18.2 Å². The number of aliphatic hydroxyl groups is 1. The van der Waals surface area contributed by atoms with Gasteiger partial charge in [-0.25, -0.2) is 10.2 Å². The van der Waals surface area contributed by atoms with Gasteiger partial charge in [0.05, 0.1) is 19.1 Å². The summed E-state index contributed by atoms with van der Waals surface area (Å²) in [6.07, 6.45) is 9.46. The highest BCUT2D eigenvalue weighted by Gasteiger charge is 2.64. The van der Waals surface area contributed by atoms with Crippen LogP contribution in [0.1, 0.15) is 58.3 Å². The summed E-state index contributed by atoms with van der Waals surface area (Å²) in [7, 11) is 1.46. The number of nitrogens with zero attached hydrogens (tertiary/aromatic N) is 1. The summed E-state index contributed by atoms with van der Waals surface area (Å²) in [6, 6.07) is -0.633. The van der Waals surface area contributed by atoms with Crippen molar-refractivity contribution in [2.45, 2.75) is 64.4 Å². The number of ether oxygens (including phenoxy) is 1. The lowest BCUT2D eigenvalue weighted by Gasteiger charge is -2.62. The van der Waals surface area contributed by atoms with Gasteiger partial charge >= 0.3 is 12.0 Å². The van der Waals surface area contributed by atoms with Crippen LogP contribution in [0.15, 0.2) is 5.10 Å². The Morgan fingerprint density at radius 2 is 2.04 bits per heavy atom. The molecule has 4 aliphatic carbocycles. The molecule has 8 atom stereocenters. The minimum absolute atomic E-state index is 0.0305. The van der Waals surface area contributed by atoms with Crippen LogP contribution in [0, 0.1) is 40.4 Å². The first-order valence-electron chi connectivity index (χ1n) is 10.6. The fourth-order valence-electron chi connectivity index (χ4n) is 7.90. The number of rotatable bonds is 3. The normalized spacial score (nSPS) is 47.2. The van der Waals surface area contributed by atoms with Crippen molar-refractivity contribution in [2.75, 3.05) is 7.11 Å². The Morgan fingerprint density at radius 3 is 2.75 bits per heavy atom. The van der Waals surface area contributed by atoms with Crippen molar-refractivity contribution in [1.82, 2.24) is 5.43 Å². The molecule has 156 valence electrons. The van der Waals surface area contributed by atoms with Crippen LogP contribution < -0.4 is 11.2 Å². The fourth-order valence-corrected chi connectivity index (χ4v) is 7.90. The molecule has 2 bridgehead atoms. The SMILES string of the molecule is COC(=O)[C@@H]1C[C@@H](O)C[C@]2(C)[C@@H]1CC[C@@]13C[C@H](CC[C@H]12)[C@H](/C=N/NC(N)=O)C3. The average Bonchev–Trinajstić information content (AvgIpc) is 2.89. The van der Waals surface area contributed by atoms with E-state index in [1.54, 1.807) is 0 Å². The lowest BCUT2D eigenvalue weighted by molar-refractivity contribution is -0.176. The van der Waals surface area contributed by atoms with Crippen LogP contribution in [-0.4, -0.2) is 36.5 Å². The van der Waals surface area contributed by atoms with E-state index in [2.05, 4.69) is 17.5 Å². The molecule has 0 unspecified atom stereocenters. The van der Waals surface area contributed by atoms with E-state index in [0.717, 1.165) is 38.5 Å². The van der Waals surface area contributed by atoms with Crippen molar-refractivity contribution in [1.29, 1.82) is 0 Å². The molecular formula is C21H33N3O4. The molecule has 4 saturated carbocycles. The molecule has 4 N–H and O–H groups in total. The largest absolute Gasteiger partial charge is 0.469 e. The first kappa shape index (κ1) is 19.7. The topological polar surface area (TPSA) is 114 Å². The van der Waals surface area contributed by atoms with Crippen LogP contribution in [0.25, 0.3) is 0 Å². The summed E-state index contributed by atoms with van der Waals surface area (Å²) in [6.45, 7) is 2.32. The number of aliphatic hydroxyl groups excluding tert-OH is 1. The lowest BCUT2D eigenvalue weighted by atomic mass is 9.43. The minimum Gasteiger partial charge on any atom is -0.469 e. The maximum absolute atomic E-state index is 12.5. The van der Waals surface area contributed by atoms with Gasteiger partial charge in [-0.15, -0.1) is 0 Å². The number of hydrazone groups is 1. The van der Waals surface area contributed by atoms with E-state index < -0.39 is 12.1 Å². The van der Waals surface area contributed by atoms with E-state index in [0.29, 0.717) is 30.1 Å². The number of methoxy groups -OCH3 is 1. The molecule has 28 heavy (non-hydrogen) atoms. The Kier molecular flexibility index (Phi) is 4.92. The molecule has 4 aliphatic rings. The second kappa shape index (κ2) is 7.01. The van der Waals surface area contributed by atoms with Crippen molar-refractivity contribution in [3.05, 3.63) is 0 Å². The third kappa shape index (κ3) is 3.02. The van der Waals surface area contributed by atoms with E-state index in [1.165, 1.54) is 13.5 Å². The standard InChI is InChI=1S/C21H33N3O4/c1-20-10-14(25)7-15(18(26)28-2)16(20)5-6-21-8-12(3-4-17(20)21)13(9-21)11-23-24-19(22)27/h11-17,25H,3-10H2,1-2H3,(H3,22,24,27)/b23-11+/t12-,13-,14+,15+,16+,17-,20+,21-/m0/s1. The number of nitrogens with two attached hydrogens (primary N) is 1. The van der Waals surface area contributed by atoms with Crippen molar-refractivity contribution < 1.29 is 19.4 Å². The van der Waals surface area contributed by atoms with Crippen LogP contribution in [0.5, 0.6) is 0 Å². The van der Waals surface area contributed by atoms with Gasteiger partial charge in [0.1, 0.15) is 0 Å². The quantitative estimate of drug-likeness (QED) is 0.389. The van der Waals surface area contributed by atoms with Crippen LogP contribution >= 0.6 is 0 Å². The molecular weight excluding hydrogens is 358 g/mol. The van der Waals surface area contributed by atoms with Gasteiger partial charge in [-0.1, -0.05) is 6.92 Å². The van der Waals surface area contributed by atoms with Crippen LogP contribution in [0.2, 0.25) is 0 Å². The number of urea groups is 1. The zero-order valence-electron chi connectivity index (χ0n) is 16.9. The molecule has 0 aromatic rings. The third-order valence-electron chi connectivity index (χ3n) is 8.71. The van der Waals surface area contributed by atoms with Crippen molar-refractivity contribution in [3.8, 4) is 0 Å². The molecule has 2 amide bonds. The average molecular weight is 392 g/mol. The number of nitrogens with one attached hydrogen (secondary N) is 1. The van der Waals surface area contributed by atoms with Gasteiger partial charge in [0.2, 0.25) is 0 Å². The number of carbonyl (C=O) groups is 2. The van der Waals surface area contributed by atoms with Crippen LogP contribution in [-0.2, 0) is 9.53 Å². The maximum atomic E-state index is 12.5. The summed E-state index contributed by atoms with van der Waals surface area (Å²) in [5.74, 6) is 1.42. The third-order valence-corrected chi connectivity index (χ3v) is 8.71. The molecule has 0 radical (unpaired) electrons. The summed E-state index contributed by atoms with van der Waals surface area (Å²) in [4.78, 5) is 23.4. The molecule has 0 saturated heterocycles. The zero-order chi connectivity index (χ0) is 20.1.